The van der Waals surface area contributed by atoms with Crippen molar-refractivity contribution in [3.63, 3.8) is 0 Å². The van der Waals surface area contributed by atoms with Gasteiger partial charge < -0.3 is 4.12 Å². The van der Waals surface area contributed by atoms with Crippen LogP contribution in [-0.2, 0) is 4.12 Å². The lowest BCUT2D eigenvalue weighted by atomic mass is 10.1. The Balaban J connectivity index is 5.42. The smallest absolute Gasteiger partial charge is 0.180 e. The van der Waals surface area contributed by atoms with Gasteiger partial charge in [-0.2, -0.15) is 0 Å². The third-order valence-corrected chi connectivity index (χ3v) is 21.3. The summed E-state index contributed by atoms with van der Waals surface area (Å²) in [4.78, 5) is 1.04. The Hall–Kier alpha value is 1.35. The Labute approximate surface area is 152 Å². The molecule has 0 saturated carbocycles. The largest absolute Gasteiger partial charge is 0.455 e. The molecule has 0 aromatic heterocycles. The number of hydrogen-bond acceptors (Lipinski definition) is 1. The quantitative estimate of drug-likeness (QED) is 0.272. The molecule has 5 heteroatoms. The summed E-state index contributed by atoms with van der Waals surface area (Å²) >= 11 is 7.79. The zero-order valence-electron chi connectivity index (χ0n) is 15.7. The van der Waals surface area contributed by atoms with E-state index in [4.69, 9.17) is 4.12 Å². The van der Waals surface area contributed by atoms with Gasteiger partial charge in [-0.25, -0.2) is 0 Å². The van der Waals surface area contributed by atoms with Crippen molar-refractivity contribution < 1.29 is 4.12 Å². The third-order valence-electron chi connectivity index (χ3n) is 5.90. The molecule has 1 nitrogen and oxygen atoms in total. The maximum absolute atomic E-state index is 7.02. The summed E-state index contributed by atoms with van der Waals surface area (Å²) in [6, 6.07) is 0. The van der Waals surface area contributed by atoms with Gasteiger partial charge in [0.1, 0.15) is 0 Å². The molecule has 128 valence electrons. The van der Waals surface area contributed by atoms with Gasteiger partial charge in [0, 0.05) is 9.65 Å². The van der Waals surface area contributed by atoms with E-state index in [1.807, 2.05) is 0 Å². The number of rotatable bonds is 8. The monoisotopic (exact) mass is 458 g/mol. The average molecular weight is 460 g/mol. The van der Waals surface area contributed by atoms with Crippen LogP contribution in [0.4, 0.5) is 0 Å². The molecule has 0 bridgehead atoms. The molecule has 0 radical (unpaired) electrons. The van der Waals surface area contributed by atoms with Gasteiger partial charge in [0.2, 0.25) is 0 Å². The molecule has 0 aromatic rings. The zero-order valence-corrected chi connectivity index (χ0v) is 20.9. The Kier molecular flexibility index (Phi) is 7.98. The Morgan fingerprint density at radius 3 is 1.19 bits per heavy atom. The molecule has 0 aliphatic heterocycles. The molecule has 0 aliphatic rings. The summed E-state index contributed by atoms with van der Waals surface area (Å²) in [6.45, 7) is 23.6. The van der Waals surface area contributed by atoms with Crippen LogP contribution in [0.1, 0.15) is 54.4 Å². The van der Waals surface area contributed by atoms with Crippen molar-refractivity contribution in [1.82, 2.24) is 0 Å². The summed E-state index contributed by atoms with van der Waals surface area (Å²) in [5.74, 6) is 0. The third kappa shape index (κ3) is 4.68. The second-order valence-corrected chi connectivity index (χ2v) is 20.0. The standard InChI is InChI=1S/C16H36Br2OSi2/c1-11-13(17)15(3,4)20(7,8)19-21(9,10)16(5,6)14(18)12-2/h13-14H,11-12H2,1-10H3. The van der Waals surface area contributed by atoms with E-state index in [1.165, 1.54) is 0 Å². The van der Waals surface area contributed by atoms with Crippen LogP contribution in [0.25, 0.3) is 0 Å². The molecule has 0 fully saturated rings. The van der Waals surface area contributed by atoms with Gasteiger partial charge in [0.05, 0.1) is 0 Å². The topological polar surface area (TPSA) is 9.23 Å². The molecule has 21 heavy (non-hydrogen) atoms. The minimum absolute atomic E-state index is 0.218. The van der Waals surface area contributed by atoms with E-state index in [-0.39, 0.29) is 10.1 Å². The number of alkyl halides is 2. The number of halogens is 2. The first-order chi connectivity index (χ1) is 9.17. The van der Waals surface area contributed by atoms with Crippen molar-refractivity contribution in [2.75, 3.05) is 0 Å². The van der Waals surface area contributed by atoms with Gasteiger partial charge in [-0.1, -0.05) is 73.4 Å². The molecule has 0 saturated heterocycles. The Morgan fingerprint density at radius 1 is 0.762 bits per heavy atom. The van der Waals surface area contributed by atoms with Crippen LogP contribution in [0, 0.1) is 0 Å². The van der Waals surface area contributed by atoms with Gasteiger partial charge in [-0.15, -0.1) is 0 Å². The SMILES string of the molecule is CCC(Br)C(C)(C)[Si](C)(C)O[Si](C)(C)C(C)(C)C(Br)CC. The maximum atomic E-state index is 7.02. The first kappa shape index (κ1) is 22.4. The second-order valence-electron chi connectivity index (χ2n) is 8.32. The predicted molar refractivity (Wildman–Crippen MR) is 110 cm³/mol. The van der Waals surface area contributed by atoms with E-state index >= 15 is 0 Å². The van der Waals surface area contributed by atoms with E-state index in [0.717, 1.165) is 12.8 Å². The summed E-state index contributed by atoms with van der Waals surface area (Å²) in [7, 11) is -3.65. The second kappa shape index (κ2) is 7.50. The van der Waals surface area contributed by atoms with Crippen LogP contribution >= 0.6 is 31.9 Å². The molecule has 0 N–H and O–H groups in total. The van der Waals surface area contributed by atoms with Crippen LogP contribution in [0.2, 0.25) is 36.3 Å². The van der Waals surface area contributed by atoms with E-state index in [9.17, 15) is 0 Å². The Bertz CT molecular complexity index is 309. The maximum Gasteiger partial charge on any atom is 0.180 e. The minimum Gasteiger partial charge on any atom is -0.455 e. The molecule has 0 heterocycles. The van der Waals surface area contributed by atoms with Gasteiger partial charge >= 0.3 is 0 Å². The van der Waals surface area contributed by atoms with Crippen LogP contribution in [-0.4, -0.2) is 26.3 Å². The van der Waals surface area contributed by atoms with E-state index in [2.05, 4.69) is 99.6 Å². The van der Waals surface area contributed by atoms with Crippen LogP contribution in [0.3, 0.4) is 0 Å². The first-order valence-corrected chi connectivity index (χ1v) is 15.8. The Morgan fingerprint density at radius 2 is 1.00 bits per heavy atom. The van der Waals surface area contributed by atoms with E-state index < -0.39 is 16.6 Å². The lowest BCUT2D eigenvalue weighted by molar-refractivity contribution is 0.418. The molecular weight excluding hydrogens is 424 g/mol. The highest BCUT2D eigenvalue weighted by Gasteiger charge is 2.53. The molecule has 0 rings (SSSR count). The highest BCUT2D eigenvalue weighted by molar-refractivity contribution is 9.09. The fourth-order valence-corrected chi connectivity index (χ4v) is 15.1. The molecule has 2 atom stereocenters. The van der Waals surface area contributed by atoms with Gasteiger partial charge in [0.25, 0.3) is 0 Å². The summed E-state index contributed by atoms with van der Waals surface area (Å²) in [5, 5.41) is 0.437. The summed E-state index contributed by atoms with van der Waals surface area (Å²) in [5.41, 5.74) is 0. The number of hydrogen-bond donors (Lipinski definition) is 0. The molecule has 2 unspecified atom stereocenters. The normalized spacial score (nSPS) is 17.7. The first-order valence-electron chi connectivity index (χ1n) is 8.15. The summed E-state index contributed by atoms with van der Waals surface area (Å²) < 4.78 is 7.02. The van der Waals surface area contributed by atoms with Crippen molar-refractivity contribution in [3.05, 3.63) is 0 Å². The van der Waals surface area contributed by atoms with E-state index in [0.29, 0.717) is 9.65 Å². The molecule has 0 aliphatic carbocycles. The average Bonchev–Trinajstić information content (AvgIpc) is 2.34. The minimum atomic E-state index is -1.82. The van der Waals surface area contributed by atoms with Gasteiger partial charge in [-0.3, -0.25) is 0 Å². The molecule has 0 spiro atoms. The van der Waals surface area contributed by atoms with Crippen molar-refractivity contribution in [2.24, 2.45) is 0 Å². The van der Waals surface area contributed by atoms with Crippen molar-refractivity contribution >= 4 is 48.5 Å². The van der Waals surface area contributed by atoms with Gasteiger partial charge in [0.15, 0.2) is 16.6 Å². The summed E-state index contributed by atoms with van der Waals surface area (Å²) in [6.07, 6.45) is 2.29. The predicted octanol–water partition coefficient (Wildman–Crippen LogP) is 7.32. The highest BCUT2D eigenvalue weighted by atomic mass is 79.9. The lowest BCUT2D eigenvalue weighted by Crippen LogP contribution is -2.58. The van der Waals surface area contributed by atoms with Crippen molar-refractivity contribution in [3.8, 4) is 0 Å². The molecular formula is C16H36Br2OSi2. The lowest BCUT2D eigenvalue weighted by Gasteiger charge is -2.52. The van der Waals surface area contributed by atoms with Crippen LogP contribution in [0.15, 0.2) is 0 Å². The van der Waals surface area contributed by atoms with Crippen LogP contribution in [0.5, 0.6) is 0 Å². The fraction of sp³-hybridized carbons (Fsp3) is 1.00. The van der Waals surface area contributed by atoms with Crippen molar-refractivity contribution in [2.45, 2.75) is 100 Å². The van der Waals surface area contributed by atoms with Crippen molar-refractivity contribution in [1.29, 1.82) is 0 Å². The van der Waals surface area contributed by atoms with E-state index in [1.54, 1.807) is 0 Å². The molecule has 0 amide bonds. The fourth-order valence-electron chi connectivity index (χ4n) is 2.68. The molecule has 0 aromatic carbocycles. The zero-order chi connectivity index (χ0) is 17.3. The highest BCUT2D eigenvalue weighted by Crippen LogP contribution is 2.52. The van der Waals surface area contributed by atoms with Crippen LogP contribution < -0.4 is 0 Å². The van der Waals surface area contributed by atoms with Gasteiger partial charge in [-0.05, 0) is 49.1 Å².